The lowest BCUT2D eigenvalue weighted by Crippen LogP contribution is -2.25. The first-order valence-corrected chi connectivity index (χ1v) is 8.10. The van der Waals surface area contributed by atoms with Gasteiger partial charge >= 0.3 is 5.97 Å². The zero-order valence-corrected chi connectivity index (χ0v) is 14.1. The molecule has 1 unspecified atom stereocenters. The van der Waals surface area contributed by atoms with E-state index in [9.17, 15) is 9.90 Å². The SMILES string of the molecule is COCN1c2cc(C(O)CC(=O)OC)ccc2Sc2nccnc21. The molecule has 1 aliphatic heterocycles. The van der Waals surface area contributed by atoms with Gasteiger partial charge in [0, 0.05) is 24.4 Å². The standard InChI is InChI=1S/C16H17N3O4S/c1-22-9-19-11-7-10(12(20)8-14(21)23-2)3-4-13(11)24-16-15(19)17-5-6-18-16/h3-7,12,20H,8-9H2,1-2H3. The third kappa shape index (κ3) is 3.21. The number of carbonyl (C=O) groups is 1. The lowest BCUT2D eigenvalue weighted by molar-refractivity contribution is -0.142. The molecular formula is C16H17N3O4S. The van der Waals surface area contributed by atoms with Gasteiger partial charge in [0.15, 0.2) is 5.82 Å². The van der Waals surface area contributed by atoms with Crippen molar-refractivity contribution in [1.82, 2.24) is 9.97 Å². The zero-order valence-electron chi connectivity index (χ0n) is 13.3. The van der Waals surface area contributed by atoms with Crippen LogP contribution in [0.1, 0.15) is 18.1 Å². The number of fused-ring (bicyclic) bond motifs is 2. The van der Waals surface area contributed by atoms with Crippen molar-refractivity contribution in [2.24, 2.45) is 0 Å². The molecule has 1 atom stereocenters. The predicted molar refractivity (Wildman–Crippen MR) is 88.2 cm³/mol. The molecule has 1 aromatic heterocycles. The number of nitrogens with zero attached hydrogens (tertiary/aromatic N) is 3. The van der Waals surface area contributed by atoms with Crippen LogP contribution in [0.4, 0.5) is 11.5 Å². The minimum atomic E-state index is -0.930. The van der Waals surface area contributed by atoms with Crippen molar-refractivity contribution in [3.8, 4) is 0 Å². The predicted octanol–water partition coefficient (Wildman–Crippen LogP) is 2.28. The van der Waals surface area contributed by atoms with Gasteiger partial charge in [-0.3, -0.25) is 9.69 Å². The lowest BCUT2D eigenvalue weighted by atomic mass is 10.1. The Bertz CT molecular complexity index is 756. The van der Waals surface area contributed by atoms with Gasteiger partial charge in [-0.25, -0.2) is 9.97 Å². The number of methoxy groups -OCH3 is 2. The third-order valence-corrected chi connectivity index (χ3v) is 4.66. The molecular weight excluding hydrogens is 330 g/mol. The Labute approximate surface area is 143 Å². The molecule has 0 saturated heterocycles. The van der Waals surface area contributed by atoms with Crippen molar-refractivity contribution in [2.75, 3.05) is 25.9 Å². The van der Waals surface area contributed by atoms with E-state index >= 15 is 0 Å². The fourth-order valence-electron chi connectivity index (χ4n) is 2.45. The van der Waals surface area contributed by atoms with E-state index in [1.807, 2.05) is 17.0 Å². The number of aromatic nitrogens is 2. The minimum Gasteiger partial charge on any atom is -0.469 e. The largest absolute Gasteiger partial charge is 0.469 e. The van der Waals surface area contributed by atoms with Gasteiger partial charge in [-0.05, 0) is 17.7 Å². The molecule has 1 aromatic carbocycles. The molecule has 1 aliphatic rings. The first-order valence-electron chi connectivity index (χ1n) is 7.28. The van der Waals surface area contributed by atoms with Crippen LogP contribution >= 0.6 is 11.8 Å². The Morgan fingerprint density at radius 1 is 1.33 bits per heavy atom. The van der Waals surface area contributed by atoms with Crippen LogP contribution in [0.25, 0.3) is 0 Å². The molecule has 0 saturated carbocycles. The van der Waals surface area contributed by atoms with Gasteiger partial charge in [-0.2, -0.15) is 0 Å². The highest BCUT2D eigenvalue weighted by atomic mass is 32.2. The molecule has 0 radical (unpaired) electrons. The van der Waals surface area contributed by atoms with Gasteiger partial charge in [0.05, 0.1) is 25.3 Å². The van der Waals surface area contributed by atoms with Gasteiger partial charge in [-0.15, -0.1) is 0 Å². The van der Waals surface area contributed by atoms with E-state index in [0.29, 0.717) is 18.1 Å². The summed E-state index contributed by atoms with van der Waals surface area (Å²) in [5, 5.41) is 11.0. The maximum absolute atomic E-state index is 11.4. The van der Waals surface area contributed by atoms with Crippen LogP contribution < -0.4 is 4.90 Å². The van der Waals surface area contributed by atoms with E-state index < -0.39 is 12.1 Å². The molecule has 2 heterocycles. The van der Waals surface area contributed by atoms with Crippen LogP contribution in [0, 0.1) is 0 Å². The van der Waals surface area contributed by atoms with E-state index in [0.717, 1.165) is 15.6 Å². The van der Waals surface area contributed by atoms with Gasteiger partial charge in [0.1, 0.15) is 11.8 Å². The third-order valence-electron chi connectivity index (χ3n) is 3.61. The Balaban J connectivity index is 1.96. The zero-order chi connectivity index (χ0) is 17.1. The molecule has 0 spiro atoms. The summed E-state index contributed by atoms with van der Waals surface area (Å²) in [6.07, 6.45) is 2.25. The minimum absolute atomic E-state index is 0.0941. The summed E-state index contributed by atoms with van der Waals surface area (Å²) in [7, 11) is 2.90. The molecule has 2 aromatic rings. The van der Waals surface area contributed by atoms with E-state index in [4.69, 9.17) is 4.74 Å². The second-order valence-electron chi connectivity index (χ2n) is 5.16. The summed E-state index contributed by atoms with van der Waals surface area (Å²) in [6, 6.07) is 5.54. The van der Waals surface area contributed by atoms with Gasteiger partial charge in [0.2, 0.25) is 0 Å². The van der Waals surface area contributed by atoms with Gasteiger partial charge in [-0.1, -0.05) is 17.8 Å². The van der Waals surface area contributed by atoms with Crippen molar-refractivity contribution in [3.63, 3.8) is 0 Å². The number of anilines is 2. The van der Waals surface area contributed by atoms with Crippen molar-refractivity contribution in [1.29, 1.82) is 0 Å². The van der Waals surface area contributed by atoms with Crippen LogP contribution in [0.5, 0.6) is 0 Å². The molecule has 24 heavy (non-hydrogen) atoms. The molecule has 0 fully saturated rings. The highest BCUT2D eigenvalue weighted by molar-refractivity contribution is 7.99. The molecule has 0 amide bonds. The van der Waals surface area contributed by atoms with Crippen LogP contribution in [-0.4, -0.2) is 42.0 Å². The van der Waals surface area contributed by atoms with Crippen molar-refractivity contribution in [3.05, 3.63) is 36.2 Å². The smallest absolute Gasteiger partial charge is 0.308 e. The topological polar surface area (TPSA) is 84.8 Å². The Morgan fingerprint density at radius 3 is 2.88 bits per heavy atom. The van der Waals surface area contributed by atoms with Crippen molar-refractivity contribution >= 4 is 29.2 Å². The number of rotatable bonds is 5. The van der Waals surface area contributed by atoms with E-state index in [-0.39, 0.29) is 6.42 Å². The first-order chi connectivity index (χ1) is 11.6. The molecule has 7 nitrogen and oxygen atoms in total. The number of ether oxygens (including phenoxy) is 2. The quantitative estimate of drug-likeness (QED) is 0.825. The van der Waals surface area contributed by atoms with E-state index in [1.54, 1.807) is 25.6 Å². The van der Waals surface area contributed by atoms with Crippen LogP contribution in [0.15, 0.2) is 40.5 Å². The average Bonchev–Trinajstić information content (AvgIpc) is 2.61. The lowest BCUT2D eigenvalue weighted by Gasteiger charge is -2.30. The normalized spacial score (nSPS) is 13.9. The highest BCUT2D eigenvalue weighted by Gasteiger charge is 2.26. The maximum atomic E-state index is 11.4. The second kappa shape index (κ2) is 7.16. The Morgan fingerprint density at radius 2 is 2.12 bits per heavy atom. The number of aliphatic hydroxyl groups is 1. The summed E-state index contributed by atoms with van der Waals surface area (Å²) in [4.78, 5) is 23.0. The summed E-state index contributed by atoms with van der Waals surface area (Å²) in [5.74, 6) is 0.246. The Kier molecular flexibility index (Phi) is 4.98. The summed E-state index contributed by atoms with van der Waals surface area (Å²) >= 11 is 1.51. The van der Waals surface area contributed by atoms with Crippen LogP contribution in [-0.2, 0) is 14.3 Å². The van der Waals surface area contributed by atoms with E-state index in [1.165, 1.54) is 18.9 Å². The van der Waals surface area contributed by atoms with Crippen LogP contribution in [0.2, 0.25) is 0 Å². The number of hydrogen-bond donors (Lipinski definition) is 1. The molecule has 0 bridgehead atoms. The summed E-state index contributed by atoms with van der Waals surface area (Å²) < 4.78 is 9.90. The van der Waals surface area contributed by atoms with Gasteiger partial charge in [0.25, 0.3) is 0 Å². The second-order valence-corrected chi connectivity index (χ2v) is 6.19. The Hall–Kier alpha value is -2.16. The number of hydrogen-bond acceptors (Lipinski definition) is 8. The van der Waals surface area contributed by atoms with Gasteiger partial charge < -0.3 is 14.6 Å². The van der Waals surface area contributed by atoms with Crippen molar-refractivity contribution in [2.45, 2.75) is 22.4 Å². The monoisotopic (exact) mass is 347 g/mol. The first kappa shape index (κ1) is 16.7. The number of carbonyl (C=O) groups excluding carboxylic acids is 1. The fraction of sp³-hybridized carbons (Fsp3) is 0.312. The molecule has 126 valence electrons. The molecule has 1 N–H and O–H groups in total. The van der Waals surface area contributed by atoms with E-state index in [2.05, 4.69) is 14.7 Å². The fourth-order valence-corrected chi connectivity index (χ4v) is 3.44. The molecule has 0 aliphatic carbocycles. The molecule has 8 heteroatoms. The highest BCUT2D eigenvalue weighted by Crippen LogP contribution is 2.46. The summed E-state index contributed by atoms with van der Waals surface area (Å²) in [5.41, 5.74) is 1.49. The maximum Gasteiger partial charge on any atom is 0.308 e. The van der Waals surface area contributed by atoms with Crippen molar-refractivity contribution < 1.29 is 19.4 Å². The summed E-state index contributed by atoms with van der Waals surface area (Å²) in [6.45, 7) is 0.301. The number of esters is 1. The van der Waals surface area contributed by atoms with Crippen LogP contribution in [0.3, 0.4) is 0 Å². The number of benzene rings is 1. The number of aliphatic hydroxyl groups excluding tert-OH is 1. The average molecular weight is 347 g/mol. The molecule has 3 rings (SSSR count).